The Labute approximate surface area is 118 Å². The van der Waals surface area contributed by atoms with Crippen molar-refractivity contribution in [3.8, 4) is 0 Å². The van der Waals surface area contributed by atoms with Gasteiger partial charge < -0.3 is 20.3 Å². The molecule has 2 atom stereocenters. The fourth-order valence-corrected chi connectivity index (χ4v) is 2.34. The van der Waals surface area contributed by atoms with Gasteiger partial charge in [0.25, 0.3) is 5.89 Å². The molecule has 0 bridgehead atoms. The highest BCUT2D eigenvalue weighted by molar-refractivity contribution is 5.77. The minimum Gasteiger partial charge on any atom is -0.370 e. The van der Waals surface area contributed by atoms with Gasteiger partial charge in [0, 0.05) is 12.5 Å². The fraction of sp³-hybridized carbons (Fsp3) is 0.769. The van der Waals surface area contributed by atoms with Crippen molar-refractivity contribution in [3.05, 3.63) is 11.7 Å². The fourth-order valence-electron chi connectivity index (χ4n) is 2.34. The predicted molar refractivity (Wildman–Crippen MR) is 73.3 cm³/mol. The van der Waals surface area contributed by atoms with Gasteiger partial charge in [-0.25, -0.2) is 0 Å². The monoisotopic (exact) mass is 279 g/mol. The van der Waals surface area contributed by atoms with E-state index in [0.29, 0.717) is 24.3 Å². The van der Waals surface area contributed by atoms with Gasteiger partial charge in [-0.15, -0.1) is 0 Å². The first kappa shape index (κ1) is 13.4. The number of nitrogens with zero attached hydrogens (tertiary/aromatic N) is 3. The summed E-state index contributed by atoms with van der Waals surface area (Å²) in [6.45, 7) is 3.33. The number of aliphatic imine (C=N–C) groups is 1. The molecule has 0 amide bonds. The van der Waals surface area contributed by atoms with Gasteiger partial charge in [-0.05, 0) is 32.6 Å². The summed E-state index contributed by atoms with van der Waals surface area (Å²) in [4.78, 5) is 8.70. The predicted octanol–water partition coefficient (Wildman–Crippen LogP) is 1.09. The van der Waals surface area contributed by atoms with E-state index < -0.39 is 0 Å². The highest BCUT2D eigenvalue weighted by Crippen LogP contribution is 2.39. The van der Waals surface area contributed by atoms with E-state index >= 15 is 0 Å². The molecule has 1 saturated carbocycles. The summed E-state index contributed by atoms with van der Waals surface area (Å²) in [5.41, 5.74) is 5.69. The van der Waals surface area contributed by atoms with Gasteiger partial charge in [0.1, 0.15) is 6.10 Å². The number of nitrogens with two attached hydrogens (primary N) is 1. The first-order chi connectivity index (χ1) is 9.76. The molecule has 7 nitrogen and oxygen atoms in total. The molecule has 1 saturated heterocycles. The molecule has 2 aliphatic rings. The summed E-state index contributed by atoms with van der Waals surface area (Å²) in [6.07, 6.45) is 4.17. The Bertz CT molecular complexity index is 483. The highest BCUT2D eigenvalue weighted by Gasteiger charge is 2.33. The molecule has 0 unspecified atom stereocenters. The van der Waals surface area contributed by atoms with Crippen LogP contribution in [0.25, 0.3) is 0 Å². The van der Waals surface area contributed by atoms with Crippen LogP contribution in [0.2, 0.25) is 0 Å². The Hall–Kier alpha value is -1.63. The molecule has 0 spiro atoms. The quantitative estimate of drug-likeness (QED) is 0.618. The van der Waals surface area contributed by atoms with Crippen LogP contribution in [-0.2, 0) is 4.74 Å². The number of hydrogen-bond donors (Lipinski definition) is 2. The Morgan fingerprint density at radius 2 is 2.25 bits per heavy atom. The summed E-state index contributed by atoms with van der Waals surface area (Å²) in [5, 5.41) is 6.99. The lowest BCUT2D eigenvalue weighted by atomic mass is 10.2. The van der Waals surface area contributed by atoms with Crippen molar-refractivity contribution in [3.63, 3.8) is 0 Å². The van der Waals surface area contributed by atoms with Crippen molar-refractivity contribution in [1.29, 1.82) is 0 Å². The van der Waals surface area contributed by atoms with Crippen molar-refractivity contribution in [2.75, 3.05) is 13.1 Å². The molecular weight excluding hydrogens is 258 g/mol. The smallest absolute Gasteiger partial charge is 0.255 e. The maximum Gasteiger partial charge on any atom is 0.255 e. The van der Waals surface area contributed by atoms with E-state index in [2.05, 4.69) is 20.4 Å². The number of ether oxygens (including phenoxy) is 1. The van der Waals surface area contributed by atoms with Crippen molar-refractivity contribution >= 4 is 5.96 Å². The molecule has 110 valence electrons. The average molecular weight is 279 g/mol. The van der Waals surface area contributed by atoms with Crippen molar-refractivity contribution in [2.24, 2.45) is 10.7 Å². The minimum atomic E-state index is -0.0874. The summed E-state index contributed by atoms with van der Waals surface area (Å²) in [5.74, 6) is 2.42. The molecular formula is C13H21N5O2. The lowest BCUT2D eigenvalue weighted by Gasteiger charge is -2.09. The van der Waals surface area contributed by atoms with E-state index in [4.69, 9.17) is 15.0 Å². The van der Waals surface area contributed by atoms with Gasteiger partial charge in [-0.2, -0.15) is 4.98 Å². The Kier molecular flexibility index (Phi) is 3.86. The Morgan fingerprint density at radius 3 is 3.00 bits per heavy atom. The minimum absolute atomic E-state index is 0.0773. The molecule has 1 aliphatic carbocycles. The Balaban J connectivity index is 1.52. The van der Waals surface area contributed by atoms with E-state index in [1.165, 1.54) is 12.8 Å². The lowest BCUT2D eigenvalue weighted by Crippen LogP contribution is -2.32. The average Bonchev–Trinajstić information content (AvgIpc) is 3.00. The second-order valence-corrected chi connectivity index (χ2v) is 5.35. The molecule has 3 rings (SSSR count). The number of hydrogen-bond acceptors (Lipinski definition) is 5. The van der Waals surface area contributed by atoms with Gasteiger partial charge in [0.2, 0.25) is 0 Å². The van der Waals surface area contributed by atoms with E-state index in [1.54, 1.807) is 0 Å². The van der Waals surface area contributed by atoms with Gasteiger partial charge in [0.15, 0.2) is 11.8 Å². The first-order valence-corrected chi connectivity index (χ1v) is 7.29. The van der Waals surface area contributed by atoms with Crippen LogP contribution in [0.1, 0.15) is 56.3 Å². The lowest BCUT2D eigenvalue weighted by molar-refractivity contribution is 0.0309. The maximum absolute atomic E-state index is 5.90. The first-order valence-electron chi connectivity index (χ1n) is 7.29. The number of aromatic nitrogens is 2. The van der Waals surface area contributed by atoms with Crippen LogP contribution in [-0.4, -0.2) is 35.3 Å². The SMILES string of the molecule is CCNC(N)=NC[C@H]1CC[C@@H](c2nc(C3CC3)no2)O1. The zero-order chi connectivity index (χ0) is 13.9. The molecule has 2 fully saturated rings. The molecule has 3 N–H and O–H groups in total. The molecule has 1 aromatic rings. The number of nitrogens with one attached hydrogen (secondary N) is 1. The summed E-state index contributed by atoms with van der Waals surface area (Å²) in [6, 6.07) is 0. The standard InChI is InChI=1S/C13H21N5O2/c1-2-15-13(14)16-7-9-5-6-10(19-9)12-17-11(18-20-12)8-3-4-8/h8-10H,2-7H2,1H3,(H3,14,15,16)/t9-,10+/m1/s1. The topological polar surface area (TPSA) is 98.6 Å². The van der Waals surface area contributed by atoms with E-state index in [-0.39, 0.29) is 12.2 Å². The van der Waals surface area contributed by atoms with Crippen molar-refractivity contribution in [1.82, 2.24) is 15.5 Å². The summed E-state index contributed by atoms with van der Waals surface area (Å²) in [7, 11) is 0. The van der Waals surface area contributed by atoms with E-state index in [1.807, 2.05) is 6.92 Å². The van der Waals surface area contributed by atoms with Gasteiger partial charge >= 0.3 is 0 Å². The van der Waals surface area contributed by atoms with Gasteiger partial charge in [0.05, 0.1) is 12.6 Å². The molecule has 0 radical (unpaired) electrons. The molecule has 7 heteroatoms. The van der Waals surface area contributed by atoms with Crippen LogP contribution in [0.3, 0.4) is 0 Å². The third kappa shape index (κ3) is 3.09. The number of rotatable bonds is 5. The van der Waals surface area contributed by atoms with Crippen molar-refractivity contribution < 1.29 is 9.26 Å². The third-order valence-electron chi connectivity index (χ3n) is 3.61. The van der Waals surface area contributed by atoms with Crippen LogP contribution in [0, 0.1) is 0 Å². The van der Waals surface area contributed by atoms with Crippen LogP contribution >= 0.6 is 0 Å². The van der Waals surface area contributed by atoms with Crippen LogP contribution in [0.5, 0.6) is 0 Å². The van der Waals surface area contributed by atoms with Gasteiger partial charge in [-0.3, -0.25) is 4.99 Å². The van der Waals surface area contributed by atoms with E-state index in [9.17, 15) is 0 Å². The molecule has 1 aromatic heterocycles. The Morgan fingerprint density at radius 1 is 1.40 bits per heavy atom. The van der Waals surface area contributed by atoms with Crippen molar-refractivity contribution in [2.45, 2.75) is 50.7 Å². The molecule has 20 heavy (non-hydrogen) atoms. The van der Waals surface area contributed by atoms with Crippen LogP contribution in [0.4, 0.5) is 0 Å². The zero-order valence-electron chi connectivity index (χ0n) is 11.7. The molecule has 0 aromatic carbocycles. The maximum atomic E-state index is 5.90. The summed E-state index contributed by atoms with van der Waals surface area (Å²) >= 11 is 0. The highest BCUT2D eigenvalue weighted by atomic mass is 16.5. The zero-order valence-corrected chi connectivity index (χ0v) is 11.7. The second-order valence-electron chi connectivity index (χ2n) is 5.35. The van der Waals surface area contributed by atoms with Crippen LogP contribution in [0.15, 0.2) is 9.52 Å². The third-order valence-corrected chi connectivity index (χ3v) is 3.61. The van der Waals surface area contributed by atoms with Crippen LogP contribution < -0.4 is 11.1 Å². The second kappa shape index (κ2) is 5.78. The number of guanidine groups is 1. The molecule has 2 heterocycles. The van der Waals surface area contributed by atoms with Gasteiger partial charge in [-0.1, -0.05) is 5.16 Å². The largest absolute Gasteiger partial charge is 0.370 e. The molecule has 1 aliphatic heterocycles. The summed E-state index contributed by atoms with van der Waals surface area (Å²) < 4.78 is 11.2. The van der Waals surface area contributed by atoms with E-state index in [0.717, 1.165) is 25.2 Å². The normalized spacial score (nSPS) is 26.9.